The van der Waals surface area contributed by atoms with Crippen LogP contribution in [-0.2, 0) is 19.1 Å². The first-order valence-corrected chi connectivity index (χ1v) is 4.71. The molecule has 0 aromatic rings. The molecule has 0 bridgehead atoms. The maximum atomic E-state index is 10.8. The van der Waals surface area contributed by atoms with Gasteiger partial charge < -0.3 is 29.3 Å². The van der Waals surface area contributed by atoms with Crippen molar-refractivity contribution in [1.29, 1.82) is 0 Å². The topological polar surface area (TPSA) is 116 Å². The van der Waals surface area contributed by atoms with Crippen LogP contribution < -0.4 is 69.3 Å². The summed E-state index contributed by atoms with van der Waals surface area (Å²) in [6.45, 7) is -0.152. The van der Waals surface area contributed by atoms with Crippen molar-refractivity contribution in [2.75, 3.05) is 13.2 Å². The number of hydrogen-bond donors (Lipinski definition) is 0. The summed E-state index contributed by atoms with van der Waals surface area (Å²) in [5.41, 5.74) is 0. The number of aliphatic carboxylic acids is 2. The molecule has 0 spiro atoms. The average molecular weight is 278 g/mol. The summed E-state index contributed by atoms with van der Waals surface area (Å²) in [5.74, 6) is -2.43. The molecule has 7 nitrogen and oxygen atoms in total. The van der Waals surface area contributed by atoms with Crippen molar-refractivity contribution in [3.05, 3.63) is 0 Å². The number of ether oxygens (including phenoxy) is 2. The molecule has 0 aliphatic heterocycles. The van der Waals surface area contributed by atoms with Crippen LogP contribution in [0.15, 0.2) is 0 Å². The maximum absolute atomic E-state index is 10.8. The van der Waals surface area contributed by atoms with E-state index < -0.39 is 18.1 Å². The summed E-state index contributed by atoms with van der Waals surface area (Å²) >= 11 is 0. The van der Waals surface area contributed by atoms with Gasteiger partial charge in [0.25, 0.3) is 0 Å². The van der Waals surface area contributed by atoms with E-state index in [0.29, 0.717) is 0 Å². The van der Waals surface area contributed by atoms with Crippen molar-refractivity contribution >= 4 is 18.1 Å². The zero-order chi connectivity index (χ0) is 12.4. The van der Waals surface area contributed by atoms with Crippen molar-refractivity contribution in [3.8, 4) is 0 Å². The van der Waals surface area contributed by atoms with E-state index >= 15 is 0 Å². The summed E-state index contributed by atoms with van der Waals surface area (Å²) in [6, 6.07) is 0. The summed E-state index contributed by atoms with van der Waals surface area (Å²) in [6.07, 6.45) is -1.04. The van der Waals surface area contributed by atoms with Crippen molar-refractivity contribution in [1.82, 2.24) is 0 Å². The van der Waals surface area contributed by atoms with Gasteiger partial charge in [-0.15, -0.1) is 0 Å². The van der Waals surface area contributed by atoms with Crippen molar-refractivity contribution in [2.24, 2.45) is 0 Å². The normalized spacial score (nSPS) is 8.44. The molecule has 0 aromatic heterocycles. The minimum Gasteiger partial charge on any atom is -0.550 e. The zero-order valence-electron chi connectivity index (χ0n) is 10.6. The molecule has 18 heavy (non-hydrogen) atoms. The van der Waals surface area contributed by atoms with E-state index in [9.17, 15) is 24.6 Å². The maximum Gasteiger partial charge on any atom is 1.00 e. The van der Waals surface area contributed by atoms with Crippen molar-refractivity contribution in [2.45, 2.75) is 25.7 Å². The van der Waals surface area contributed by atoms with Gasteiger partial charge in [-0.05, 0) is 25.7 Å². The number of rotatable bonds is 8. The Balaban J connectivity index is -0.00000112. The van der Waals surface area contributed by atoms with Gasteiger partial charge in [-0.1, -0.05) is 0 Å². The molecule has 0 aromatic carbocycles. The van der Waals surface area contributed by atoms with Gasteiger partial charge in [-0.25, -0.2) is 4.79 Å². The van der Waals surface area contributed by atoms with E-state index in [4.69, 9.17) is 0 Å². The first kappa shape index (κ1) is 23.3. The molecular weight excluding hydrogens is 266 g/mol. The van der Waals surface area contributed by atoms with Crippen LogP contribution in [-0.4, -0.2) is 31.3 Å². The molecule has 0 radical (unpaired) electrons. The van der Waals surface area contributed by atoms with E-state index in [-0.39, 0.29) is 98.0 Å². The number of carboxylic acid groups (broad SMARTS) is 2. The largest absolute Gasteiger partial charge is 1.00 e. The molecule has 0 atom stereocenters. The molecular formula is C9H12Na2O7. The molecule has 0 N–H and O–H groups in total. The predicted octanol–water partition coefficient (Wildman–Crippen LogP) is -7.79. The van der Waals surface area contributed by atoms with Crippen LogP contribution in [0.2, 0.25) is 0 Å². The Morgan fingerprint density at radius 1 is 0.778 bits per heavy atom. The Morgan fingerprint density at radius 2 is 1.11 bits per heavy atom. The number of hydrogen-bond acceptors (Lipinski definition) is 7. The van der Waals surface area contributed by atoms with Crippen LogP contribution in [0.5, 0.6) is 0 Å². The summed E-state index contributed by atoms with van der Waals surface area (Å²) in [5, 5.41) is 19.9. The second kappa shape index (κ2) is 15.3. The summed E-state index contributed by atoms with van der Waals surface area (Å²) in [7, 11) is 0. The smallest absolute Gasteiger partial charge is 0.550 e. The fraction of sp³-hybridized carbons (Fsp3) is 0.667. The minimum atomic E-state index is -1.22. The SMILES string of the molecule is O=C([O-])CCCOC(=O)OCCCC(=O)[O-].[Na+].[Na+]. The van der Waals surface area contributed by atoms with Gasteiger partial charge in [0.05, 0.1) is 13.2 Å². The van der Waals surface area contributed by atoms with Gasteiger partial charge in [0, 0.05) is 11.9 Å². The third kappa shape index (κ3) is 18.6. The molecule has 0 heterocycles. The van der Waals surface area contributed by atoms with Crippen molar-refractivity contribution in [3.63, 3.8) is 0 Å². The van der Waals surface area contributed by atoms with Gasteiger partial charge in [0.2, 0.25) is 0 Å². The first-order chi connectivity index (χ1) is 7.52. The van der Waals surface area contributed by atoms with Gasteiger partial charge in [-0.3, -0.25) is 0 Å². The number of carbonyl (C=O) groups is 3. The van der Waals surface area contributed by atoms with Crippen LogP contribution in [0.4, 0.5) is 4.79 Å². The van der Waals surface area contributed by atoms with E-state index in [2.05, 4.69) is 9.47 Å². The molecule has 92 valence electrons. The predicted molar refractivity (Wildman–Crippen MR) is 45.8 cm³/mol. The van der Waals surface area contributed by atoms with Crippen LogP contribution in [0.25, 0.3) is 0 Å². The number of carboxylic acids is 2. The molecule has 0 aliphatic carbocycles. The summed E-state index contributed by atoms with van der Waals surface area (Å²) in [4.78, 5) is 30.7. The Labute approximate surface area is 149 Å². The fourth-order valence-corrected chi connectivity index (χ4v) is 0.786. The second-order valence-electron chi connectivity index (χ2n) is 2.90. The Kier molecular flexibility index (Phi) is 19.8. The standard InChI is InChI=1S/C9H14O7.2Na/c10-7(11)3-1-5-15-9(14)16-6-2-4-8(12)13;;/h1-6H2,(H,10,11)(H,12,13);;/q;2*+1/p-2. The van der Waals surface area contributed by atoms with Crippen LogP contribution in [0, 0.1) is 0 Å². The van der Waals surface area contributed by atoms with Gasteiger partial charge in [-0.2, -0.15) is 0 Å². The molecule has 0 saturated carbocycles. The molecule has 9 heteroatoms. The molecule has 0 saturated heterocycles. The Morgan fingerprint density at radius 3 is 1.39 bits per heavy atom. The zero-order valence-corrected chi connectivity index (χ0v) is 14.6. The van der Waals surface area contributed by atoms with Gasteiger partial charge in [0.15, 0.2) is 0 Å². The van der Waals surface area contributed by atoms with Crippen LogP contribution in [0.1, 0.15) is 25.7 Å². The molecule has 0 amide bonds. The molecule has 0 fully saturated rings. The Bertz CT molecular complexity index is 233. The third-order valence-corrected chi connectivity index (χ3v) is 1.49. The van der Waals surface area contributed by atoms with E-state index in [1.165, 1.54) is 0 Å². The van der Waals surface area contributed by atoms with E-state index in [0.717, 1.165) is 0 Å². The quantitative estimate of drug-likeness (QED) is 0.246. The first-order valence-electron chi connectivity index (χ1n) is 4.71. The van der Waals surface area contributed by atoms with E-state index in [1.54, 1.807) is 0 Å². The van der Waals surface area contributed by atoms with Crippen molar-refractivity contribution < 1.29 is 93.2 Å². The minimum absolute atomic E-state index is 0. The van der Waals surface area contributed by atoms with Crippen LogP contribution >= 0.6 is 0 Å². The van der Waals surface area contributed by atoms with Gasteiger partial charge in [0.1, 0.15) is 0 Å². The third-order valence-electron chi connectivity index (χ3n) is 1.49. The average Bonchev–Trinajstić information content (AvgIpc) is 2.19. The monoisotopic (exact) mass is 278 g/mol. The second-order valence-corrected chi connectivity index (χ2v) is 2.90. The van der Waals surface area contributed by atoms with Gasteiger partial charge >= 0.3 is 65.3 Å². The number of carbonyl (C=O) groups excluding carboxylic acids is 3. The summed E-state index contributed by atoms with van der Waals surface area (Å²) < 4.78 is 8.97. The Hall–Kier alpha value is 0.210. The van der Waals surface area contributed by atoms with E-state index in [1.807, 2.05) is 0 Å². The molecule has 0 unspecified atom stereocenters. The molecule has 0 aliphatic rings. The fourth-order valence-electron chi connectivity index (χ4n) is 0.786. The van der Waals surface area contributed by atoms with Crippen LogP contribution in [0.3, 0.4) is 0 Å². The molecule has 0 rings (SSSR count).